The second-order valence-electron chi connectivity index (χ2n) is 5.94. The summed E-state index contributed by atoms with van der Waals surface area (Å²) in [7, 11) is 3.10. The average Bonchev–Trinajstić information content (AvgIpc) is 2.71. The lowest BCUT2D eigenvalue weighted by Crippen LogP contribution is -2.41. The third-order valence-electron chi connectivity index (χ3n) is 3.98. The van der Waals surface area contributed by atoms with Crippen LogP contribution in [0, 0.1) is 12.3 Å². The van der Waals surface area contributed by atoms with Crippen molar-refractivity contribution >= 4 is 17.6 Å². The van der Waals surface area contributed by atoms with Crippen LogP contribution >= 0.6 is 0 Å². The Morgan fingerprint density at radius 1 is 1.11 bits per heavy atom. The number of carbonyl (C=O) groups excluding carboxylic acids is 2. The van der Waals surface area contributed by atoms with E-state index in [-0.39, 0.29) is 18.5 Å². The van der Waals surface area contributed by atoms with Gasteiger partial charge in [0.05, 0.1) is 26.8 Å². The van der Waals surface area contributed by atoms with Crippen LogP contribution in [0.4, 0.5) is 10.5 Å². The Hall–Kier alpha value is -3.66. The summed E-state index contributed by atoms with van der Waals surface area (Å²) in [6, 6.07) is 11.5. The highest BCUT2D eigenvalue weighted by atomic mass is 16.5. The molecule has 7 nitrogen and oxygen atoms in total. The maximum absolute atomic E-state index is 12.1. The van der Waals surface area contributed by atoms with Gasteiger partial charge in [-0.1, -0.05) is 18.1 Å². The molecule has 1 unspecified atom stereocenters. The Labute approximate surface area is 164 Å². The Bertz CT molecular complexity index is 889. The van der Waals surface area contributed by atoms with Gasteiger partial charge in [-0.25, -0.2) is 4.79 Å². The van der Waals surface area contributed by atoms with Crippen LogP contribution in [-0.2, 0) is 4.79 Å². The number of terminal acetylenes is 1. The van der Waals surface area contributed by atoms with Crippen molar-refractivity contribution in [2.24, 2.45) is 0 Å². The summed E-state index contributed by atoms with van der Waals surface area (Å²) in [5, 5.41) is 7.97. The Morgan fingerprint density at radius 2 is 1.86 bits per heavy atom. The van der Waals surface area contributed by atoms with E-state index in [9.17, 15) is 9.59 Å². The summed E-state index contributed by atoms with van der Waals surface area (Å²) in [5.41, 5.74) is 2.07. The fraction of sp³-hybridized carbons (Fsp3) is 0.238. The third-order valence-corrected chi connectivity index (χ3v) is 3.98. The minimum absolute atomic E-state index is 0.176. The first-order valence-corrected chi connectivity index (χ1v) is 8.59. The molecular weight excluding hydrogens is 358 g/mol. The van der Waals surface area contributed by atoms with E-state index in [1.54, 1.807) is 50.6 Å². The fourth-order valence-electron chi connectivity index (χ4n) is 2.51. The second-order valence-corrected chi connectivity index (χ2v) is 5.94. The minimum Gasteiger partial charge on any atom is -0.493 e. The van der Waals surface area contributed by atoms with E-state index in [4.69, 9.17) is 15.9 Å². The summed E-state index contributed by atoms with van der Waals surface area (Å²) >= 11 is 0. The number of benzene rings is 2. The first-order valence-electron chi connectivity index (χ1n) is 8.59. The molecule has 2 rings (SSSR count). The summed E-state index contributed by atoms with van der Waals surface area (Å²) < 4.78 is 10.5. The van der Waals surface area contributed by atoms with Crippen LogP contribution in [0.1, 0.15) is 24.1 Å². The molecular formula is C21H23N3O4. The zero-order chi connectivity index (χ0) is 20.5. The molecule has 0 heterocycles. The molecule has 2 aromatic carbocycles. The van der Waals surface area contributed by atoms with Gasteiger partial charge in [0.25, 0.3) is 0 Å². The van der Waals surface area contributed by atoms with Gasteiger partial charge >= 0.3 is 6.03 Å². The molecule has 0 aliphatic carbocycles. The number of methoxy groups -OCH3 is 2. The molecule has 0 saturated carbocycles. The number of rotatable bonds is 7. The van der Waals surface area contributed by atoms with E-state index < -0.39 is 6.03 Å². The van der Waals surface area contributed by atoms with E-state index in [1.165, 1.54) is 0 Å². The van der Waals surface area contributed by atoms with Crippen molar-refractivity contribution in [1.29, 1.82) is 0 Å². The van der Waals surface area contributed by atoms with E-state index >= 15 is 0 Å². The second kappa shape index (κ2) is 9.88. The molecule has 2 aromatic rings. The predicted molar refractivity (Wildman–Crippen MR) is 108 cm³/mol. The van der Waals surface area contributed by atoms with Gasteiger partial charge in [0.2, 0.25) is 5.91 Å². The monoisotopic (exact) mass is 381 g/mol. The lowest BCUT2D eigenvalue weighted by atomic mass is 10.1. The van der Waals surface area contributed by atoms with Crippen LogP contribution in [0.2, 0.25) is 0 Å². The van der Waals surface area contributed by atoms with Gasteiger partial charge < -0.3 is 25.4 Å². The highest BCUT2D eigenvalue weighted by molar-refractivity contribution is 5.94. The van der Waals surface area contributed by atoms with Gasteiger partial charge in [-0.05, 0) is 42.8 Å². The molecule has 0 aromatic heterocycles. The van der Waals surface area contributed by atoms with E-state index in [0.29, 0.717) is 22.7 Å². The maximum atomic E-state index is 12.1. The van der Waals surface area contributed by atoms with Crippen LogP contribution in [0.25, 0.3) is 0 Å². The number of hydrogen-bond donors (Lipinski definition) is 3. The van der Waals surface area contributed by atoms with E-state index in [0.717, 1.165) is 5.56 Å². The quantitative estimate of drug-likeness (QED) is 0.644. The fourth-order valence-corrected chi connectivity index (χ4v) is 2.51. The molecule has 28 heavy (non-hydrogen) atoms. The minimum atomic E-state index is -0.463. The van der Waals surface area contributed by atoms with Crippen molar-refractivity contribution in [3.63, 3.8) is 0 Å². The molecule has 0 bridgehead atoms. The van der Waals surface area contributed by atoms with Crippen LogP contribution in [-0.4, -0.2) is 32.7 Å². The highest BCUT2D eigenvalue weighted by Crippen LogP contribution is 2.29. The molecule has 0 aliphatic rings. The summed E-state index contributed by atoms with van der Waals surface area (Å²) in [6.07, 6.45) is 5.33. The lowest BCUT2D eigenvalue weighted by molar-refractivity contribution is -0.115. The summed E-state index contributed by atoms with van der Waals surface area (Å²) in [6.45, 7) is 1.65. The molecule has 146 valence electrons. The Morgan fingerprint density at radius 3 is 2.54 bits per heavy atom. The van der Waals surface area contributed by atoms with Gasteiger partial charge in [-0.2, -0.15) is 0 Å². The maximum Gasteiger partial charge on any atom is 0.315 e. The highest BCUT2D eigenvalue weighted by Gasteiger charge is 2.13. The smallest absolute Gasteiger partial charge is 0.315 e. The van der Waals surface area contributed by atoms with Crippen LogP contribution < -0.4 is 25.4 Å². The van der Waals surface area contributed by atoms with Crippen molar-refractivity contribution in [3.8, 4) is 23.8 Å². The van der Waals surface area contributed by atoms with Crippen molar-refractivity contribution in [2.75, 3.05) is 26.1 Å². The van der Waals surface area contributed by atoms with Crippen LogP contribution in [0.3, 0.4) is 0 Å². The van der Waals surface area contributed by atoms with Crippen molar-refractivity contribution in [1.82, 2.24) is 10.6 Å². The van der Waals surface area contributed by atoms with Gasteiger partial charge in [-0.15, -0.1) is 6.42 Å². The summed E-state index contributed by atoms with van der Waals surface area (Å²) in [4.78, 5) is 24.1. The number of ether oxygens (including phenoxy) is 2. The first kappa shape index (κ1) is 20.6. The molecule has 7 heteroatoms. The van der Waals surface area contributed by atoms with E-state index in [2.05, 4.69) is 21.9 Å². The molecule has 0 aliphatic heterocycles. The van der Waals surface area contributed by atoms with Crippen molar-refractivity contribution in [2.45, 2.75) is 13.0 Å². The molecule has 0 spiro atoms. The number of anilines is 1. The molecule has 3 N–H and O–H groups in total. The van der Waals surface area contributed by atoms with Gasteiger partial charge in [0, 0.05) is 11.3 Å². The van der Waals surface area contributed by atoms with Crippen LogP contribution in [0.5, 0.6) is 11.5 Å². The van der Waals surface area contributed by atoms with Crippen LogP contribution in [0.15, 0.2) is 42.5 Å². The first-order chi connectivity index (χ1) is 13.5. The van der Waals surface area contributed by atoms with E-state index in [1.807, 2.05) is 13.0 Å². The number of amides is 3. The third kappa shape index (κ3) is 5.68. The standard InChI is InChI=1S/C21H23N3O4/c1-5-15-7-6-8-17(11-15)24-20(25)13-22-21(26)23-14(2)16-9-10-18(27-3)19(12-16)28-4/h1,6-12,14H,13H2,2-4H3,(H,24,25)(H2,22,23,26). The number of carbonyl (C=O) groups is 2. The van der Waals surface area contributed by atoms with Gasteiger partial charge in [-0.3, -0.25) is 4.79 Å². The topological polar surface area (TPSA) is 88.7 Å². The molecule has 1 atom stereocenters. The molecule has 3 amide bonds. The molecule has 0 saturated heterocycles. The molecule has 0 fully saturated rings. The number of nitrogens with one attached hydrogen (secondary N) is 3. The normalized spacial score (nSPS) is 10.9. The Kier molecular flexibility index (Phi) is 7.28. The zero-order valence-electron chi connectivity index (χ0n) is 16.0. The van der Waals surface area contributed by atoms with Gasteiger partial charge in [0.15, 0.2) is 11.5 Å². The number of hydrogen-bond acceptors (Lipinski definition) is 4. The largest absolute Gasteiger partial charge is 0.493 e. The SMILES string of the molecule is C#Cc1cccc(NC(=O)CNC(=O)NC(C)c2ccc(OC)c(OC)c2)c1. The molecule has 0 radical (unpaired) electrons. The predicted octanol–water partition coefficient (Wildman–Crippen LogP) is 2.68. The summed E-state index contributed by atoms with van der Waals surface area (Å²) in [5.74, 6) is 3.31. The number of urea groups is 1. The zero-order valence-corrected chi connectivity index (χ0v) is 16.0. The average molecular weight is 381 g/mol. The van der Waals surface area contributed by atoms with Crippen molar-refractivity contribution < 1.29 is 19.1 Å². The Balaban J connectivity index is 1.86. The lowest BCUT2D eigenvalue weighted by Gasteiger charge is -2.17. The van der Waals surface area contributed by atoms with Crippen molar-refractivity contribution in [3.05, 3.63) is 53.6 Å². The van der Waals surface area contributed by atoms with Gasteiger partial charge in [0.1, 0.15) is 0 Å².